The van der Waals surface area contributed by atoms with Crippen LogP contribution in [-0.4, -0.2) is 30.6 Å². The minimum atomic E-state index is -1.06. The number of carbonyl (C=O) groups is 1. The second-order valence-electron chi connectivity index (χ2n) is 5.94. The van der Waals surface area contributed by atoms with Gasteiger partial charge < -0.3 is 5.11 Å². The molecule has 0 spiro atoms. The third kappa shape index (κ3) is 3.60. The topological polar surface area (TPSA) is 98.0 Å². The highest BCUT2D eigenvalue weighted by Gasteiger charge is 2.15. The molecule has 3 aromatic heterocycles. The molecule has 0 unspecified atom stereocenters. The van der Waals surface area contributed by atoms with Gasteiger partial charge in [-0.25, -0.2) is 14.8 Å². The molecule has 0 bridgehead atoms. The lowest BCUT2D eigenvalue weighted by Crippen LogP contribution is -2.25. The number of carboxylic acid groups (broad SMARTS) is 1. The average molecular weight is 395 g/mol. The summed E-state index contributed by atoms with van der Waals surface area (Å²) in [5.41, 5.74) is 2.30. The van der Waals surface area contributed by atoms with Gasteiger partial charge in [-0.05, 0) is 42.0 Å². The largest absolute Gasteiger partial charge is 0.478 e. The lowest BCUT2D eigenvalue weighted by Gasteiger charge is -2.12. The summed E-state index contributed by atoms with van der Waals surface area (Å²) in [7, 11) is 0. The van der Waals surface area contributed by atoms with E-state index in [-0.39, 0.29) is 23.5 Å². The van der Waals surface area contributed by atoms with Gasteiger partial charge in [-0.1, -0.05) is 12.1 Å². The lowest BCUT2D eigenvalue weighted by molar-refractivity contribution is 0.0697. The molecule has 0 fully saturated rings. The Hall–Kier alpha value is -3.58. The first-order valence-corrected chi connectivity index (χ1v) is 8.23. The van der Waals surface area contributed by atoms with Crippen molar-refractivity contribution in [3.05, 3.63) is 94.3 Å². The van der Waals surface area contributed by atoms with Gasteiger partial charge in [-0.2, -0.15) is 0 Å². The highest BCUT2D eigenvalue weighted by molar-refractivity contribution is 5.88. The van der Waals surface area contributed by atoms with E-state index < -0.39 is 5.97 Å². The summed E-state index contributed by atoms with van der Waals surface area (Å²) >= 11 is 0. The van der Waals surface area contributed by atoms with Crippen LogP contribution in [0.5, 0.6) is 0 Å². The molecule has 0 aliphatic rings. The predicted molar refractivity (Wildman–Crippen MR) is 106 cm³/mol. The van der Waals surface area contributed by atoms with Gasteiger partial charge in [-0.3, -0.25) is 14.3 Å². The first kappa shape index (κ1) is 19.2. The molecular formula is C20H15ClN4O3. The zero-order chi connectivity index (χ0) is 18.8. The maximum absolute atomic E-state index is 13.2. The Kier molecular flexibility index (Phi) is 5.47. The molecule has 4 rings (SSSR count). The number of hydrogen-bond donors (Lipinski definition) is 1. The molecule has 1 aromatic carbocycles. The zero-order valence-electron chi connectivity index (χ0n) is 14.5. The highest BCUT2D eigenvalue weighted by atomic mass is 35.5. The van der Waals surface area contributed by atoms with Crippen molar-refractivity contribution in [2.24, 2.45) is 0 Å². The number of aromatic carboxylic acids is 1. The summed E-state index contributed by atoms with van der Waals surface area (Å²) in [6.45, 7) is 0. The fourth-order valence-corrected chi connectivity index (χ4v) is 2.90. The summed E-state index contributed by atoms with van der Waals surface area (Å²) < 4.78 is 1.40. The van der Waals surface area contributed by atoms with E-state index >= 15 is 0 Å². The quantitative estimate of drug-likeness (QED) is 0.571. The monoisotopic (exact) mass is 394 g/mol. The Balaban J connectivity index is 0.00000225. The number of fused-ring (bicyclic) bond motifs is 1. The van der Waals surface area contributed by atoms with Crippen molar-refractivity contribution in [2.75, 3.05) is 0 Å². The number of carboxylic acids is 1. The minimum absolute atomic E-state index is 0. The standard InChI is InChI=1S/C20H14N4O3.ClH/c25-19-17(10-13-4-2-8-21-12-13)23-16-7-3-9-22-18(16)24(19)15-6-1-5-14(11-15)20(26)27;/h1-9,11-12H,10H2,(H,26,27);1H. The molecular weight excluding hydrogens is 380 g/mol. The van der Waals surface area contributed by atoms with Crippen molar-refractivity contribution in [3.8, 4) is 5.69 Å². The Bertz CT molecular complexity index is 1210. The van der Waals surface area contributed by atoms with Crippen molar-refractivity contribution >= 4 is 29.5 Å². The van der Waals surface area contributed by atoms with Crippen LogP contribution in [0.3, 0.4) is 0 Å². The summed E-state index contributed by atoms with van der Waals surface area (Å²) in [5, 5.41) is 9.27. The maximum atomic E-state index is 13.2. The van der Waals surface area contributed by atoms with Crippen molar-refractivity contribution in [2.45, 2.75) is 6.42 Å². The second kappa shape index (κ2) is 7.98. The molecule has 3 heterocycles. The number of rotatable bonds is 4. The van der Waals surface area contributed by atoms with Gasteiger partial charge in [0.15, 0.2) is 5.65 Å². The number of nitrogens with zero attached hydrogens (tertiary/aromatic N) is 4. The number of hydrogen-bond acceptors (Lipinski definition) is 5. The molecule has 0 saturated carbocycles. The molecule has 28 heavy (non-hydrogen) atoms. The van der Waals surface area contributed by atoms with Crippen molar-refractivity contribution < 1.29 is 9.90 Å². The fourth-order valence-electron chi connectivity index (χ4n) is 2.90. The van der Waals surface area contributed by atoms with Crippen molar-refractivity contribution in [3.63, 3.8) is 0 Å². The molecule has 0 radical (unpaired) electrons. The number of aromatic nitrogens is 4. The van der Waals surface area contributed by atoms with Crippen LogP contribution in [0.25, 0.3) is 16.9 Å². The van der Waals surface area contributed by atoms with Gasteiger partial charge in [0.1, 0.15) is 11.2 Å². The van der Waals surface area contributed by atoms with E-state index in [0.29, 0.717) is 29.0 Å². The molecule has 8 heteroatoms. The molecule has 7 nitrogen and oxygen atoms in total. The number of pyridine rings is 2. The summed E-state index contributed by atoms with van der Waals surface area (Å²) in [4.78, 5) is 37.3. The van der Waals surface area contributed by atoms with Gasteiger partial charge in [0, 0.05) is 25.0 Å². The van der Waals surface area contributed by atoms with Gasteiger partial charge in [0.25, 0.3) is 5.56 Å². The minimum Gasteiger partial charge on any atom is -0.478 e. The van der Waals surface area contributed by atoms with E-state index in [1.165, 1.54) is 16.7 Å². The molecule has 140 valence electrons. The van der Waals surface area contributed by atoms with Gasteiger partial charge in [0.05, 0.1) is 11.3 Å². The Morgan fingerprint density at radius 1 is 1.07 bits per heavy atom. The predicted octanol–water partition coefficient (Wildman–Crippen LogP) is 2.89. The van der Waals surface area contributed by atoms with Crippen LogP contribution in [0.1, 0.15) is 21.6 Å². The van der Waals surface area contributed by atoms with Crippen molar-refractivity contribution in [1.82, 2.24) is 19.5 Å². The molecule has 0 saturated heterocycles. The van der Waals surface area contributed by atoms with E-state index in [1.54, 1.807) is 48.9 Å². The van der Waals surface area contributed by atoms with Crippen LogP contribution in [0.2, 0.25) is 0 Å². The third-order valence-electron chi connectivity index (χ3n) is 4.13. The van der Waals surface area contributed by atoms with E-state index in [4.69, 9.17) is 0 Å². The Labute approximate surface area is 165 Å². The first-order chi connectivity index (χ1) is 13.1. The van der Waals surface area contributed by atoms with Crippen LogP contribution >= 0.6 is 12.4 Å². The average Bonchev–Trinajstić information content (AvgIpc) is 2.69. The molecule has 0 aliphatic heterocycles. The van der Waals surface area contributed by atoms with Gasteiger partial charge in [-0.15, -0.1) is 12.4 Å². The fraction of sp³-hybridized carbons (Fsp3) is 0.0500. The summed E-state index contributed by atoms with van der Waals surface area (Å²) in [6.07, 6.45) is 5.23. The Morgan fingerprint density at radius 3 is 2.64 bits per heavy atom. The second-order valence-corrected chi connectivity index (χ2v) is 5.94. The van der Waals surface area contributed by atoms with Crippen molar-refractivity contribution in [1.29, 1.82) is 0 Å². The van der Waals surface area contributed by atoms with E-state index in [1.807, 2.05) is 6.07 Å². The van der Waals surface area contributed by atoms with E-state index in [0.717, 1.165) is 5.56 Å². The van der Waals surface area contributed by atoms with Crippen LogP contribution in [-0.2, 0) is 6.42 Å². The Morgan fingerprint density at radius 2 is 1.89 bits per heavy atom. The zero-order valence-corrected chi connectivity index (χ0v) is 15.3. The number of halogens is 1. The van der Waals surface area contributed by atoms with Crippen LogP contribution in [0.4, 0.5) is 0 Å². The normalized spacial score (nSPS) is 10.4. The first-order valence-electron chi connectivity index (χ1n) is 8.23. The molecule has 0 amide bonds. The molecule has 0 aliphatic carbocycles. The van der Waals surface area contributed by atoms with Gasteiger partial charge >= 0.3 is 5.97 Å². The number of benzene rings is 1. The van der Waals surface area contributed by atoms with E-state index in [9.17, 15) is 14.7 Å². The van der Waals surface area contributed by atoms with Crippen LogP contribution < -0.4 is 5.56 Å². The summed E-state index contributed by atoms with van der Waals surface area (Å²) in [6, 6.07) is 13.4. The molecule has 4 aromatic rings. The highest BCUT2D eigenvalue weighted by Crippen LogP contribution is 2.16. The molecule has 1 N–H and O–H groups in total. The smallest absolute Gasteiger partial charge is 0.335 e. The van der Waals surface area contributed by atoms with Crippen LogP contribution in [0, 0.1) is 0 Å². The SMILES string of the molecule is Cl.O=C(O)c1cccc(-n2c(=O)c(Cc3cccnc3)nc3cccnc32)c1. The lowest BCUT2D eigenvalue weighted by atomic mass is 10.1. The third-order valence-corrected chi connectivity index (χ3v) is 4.13. The maximum Gasteiger partial charge on any atom is 0.335 e. The summed E-state index contributed by atoms with van der Waals surface area (Å²) in [5.74, 6) is -1.06. The van der Waals surface area contributed by atoms with Crippen LogP contribution in [0.15, 0.2) is 71.9 Å². The molecule has 0 atom stereocenters. The van der Waals surface area contributed by atoms with Gasteiger partial charge in [0.2, 0.25) is 0 Å². The van der Waals surface area contributed by atoms with E-state index in [2.05, 4.69) is 15.0 Å².